The number of amides is 1. The molecule has 0 spiro atoms. The Morgan fingerprint density at radius 1 is 1.11 bits per heavy atom. The molecule has 2 atom stereocenters. The average molecular weight is 364 g/mol. The van der Waals surface area contributed by atoms with Gasteiger partial charge in [-0.2, -0.15) is 0 Å². The molecule has 0 fully saturated rings. The molecule has 0 aliphatic rings. The van der Waals surface area contributed by atoms with E-state index in [9.17, 15) is 4.79 Å². The second-order valence-corrected chi connectivity index (χ2v) is 7.09. The highest BCUT2D eigenvalue weighted by Gasteiger charge is 2.25. The molecule has 3 aromatic rings. The van der Waals surface area contributed by atoms with E-state index in [1.807, 2.05) is 44.3 Å². The van der Waals surface area contributed by atoms with Crippen molar-refractivity contribution >= 4 is 16.8 Å². The fraction of sp³-hybridized carbons (Fsp3) is 0.348. The summed E-state index contributed by atoms with van der Waals surface area (Å²) < 4.78 is 7.74. The first-order valence-corrected chi connectivity index (χ1v) is 9.51. The monoisotopic (exact) mass is 364 g/mol. The number of ether oxygens (including phenoxy) is 1. The number of nitrogens with zero attached hydrogens (tertiary/aromatic N) is 1. The van der Waals surface area contributed by atoms with E-state index in [0.717, 1.165) is 28.8 Å². The number of carbonyl (C=O) groups excluding carboxylic acids is 1. The molecule has 3 rings (SSSR count). The van der Waals surface area contributed by atoms with Crippen molar-refractivity contribution in [1.29, 1.82) is 0 Å². The predicted molar refractivity (Wildman–Crippen MR) is 110 cm³/mol. The molecule has 4 heteroatoms. The van der Waals surface area contributed by atoms with Crippen molar-refractivity contribution in [3.63, 3.8) is 0 Å². The van der Waals surface area contributed by atoms with E-state index in [0.29, 0.717) is 6.42 Å². The smallest absolute Gasteiger partial charge is 0.221 e. The highest BCUT2D eigenvalue weighted by Crippen LogP contribution is 2.38. The molecular weight excluding hydrogens is 336 g/mol. The molecule has 0 aliphatic carbocycles. The van der Waals surface area contributed by atoms with Crippen LogP contribution in [0.2, 0.25) is 0 Å². The van der Waals surface area contributed by atoms with Crippen LogP contribution in [0.3, 0.4) is 0 Å². The summed E-state index contributed by atoms with van der Waals surface area (Å²) in [5.41, 5.74) is 3.35. The van der Waals surface area contributed by atoms with Gasteiger partial charge in [-0.25, -0.2) is 0 Å². The van der Waals surface area contributed by atoms with Gasteiger partial charge in [0.1, 0.15) is 5.75 Å². The minimum Gasteiger partial charge on any atom is -0.496 e. The Hall–Kier alpha value is -2.75. The first-order chi connectivity index (χ1) is 13.0. The van der Waals surface area contributed by atoms with Gasteiger partial charge in [0.15, 0.2) is 0 Å². The summed E-state index contributed by atoms with van der Waals surface area (Å²) in [4.78, 5) is 12.8. The van der Waals surface area contributed by atoms with Crippen LogP contribution in [-0.2, 0) is 11.8 Å². The van der Waals surface area contributed by atoms with Crippen LogP contribution in [0.1, 0.15) is 43.7 Å². The van der Waals surface area contributed by atoms with Crippen LogP contribution >= 0.6 is 0 Å². The molecule has 27 heavy (non-hydrogen) atoms. The zero-order valence-electron chi connectivity index (χ0n) is 16.5. The third kappa shape index (κ3) is 4.00. The summed E-state index contributed by atoms with van der Waals surface area (Å²) in [6.45, 7) is 4.11. The topological polar surface area (TPSA) is 43.3 Å². The van der Waals surface area contributed by atoms with Crippen LogP contribution < -0.4 is 10.1 Å². The fourth-order valence-corrected chi connectivity index (χ4v) is 3.61. The third-order valence-electron chi connectivity index (χ3n) is 5.23. The van der Waals surface area contributed by atoms with Crippen molar-refractivity contribution in [2.24, 2.45) is 7.05 Å². The van der Waals surface area contributed by atoms with E-state index in [4.69, 9.17) is 4.74 Å². The molecule has 1 heterocycles. The molecule has 2 aromatic carbocycles. The number of hydrogen-bond acceptors (Lipinski definition) is 2. The van der Waals surface area contributed by atoms with Gasteiger partial charge < -0.3 is 14.6 Å². The Kier molecular flexibility index (Phi) is 5.84. The summed E-state index contributed by atoms with van der Waals surface area (Å²) in [7, 11) is 3.72. The molecule has 1 N–H and O–H groups in total. The van der Waals surface area contributed by atoms with Gasteiger partial charge >= 0.3 is 0 Å². The molecule has 1 amide bonds. The Balaban J connectivity index is 2.08. The first-order valence-electron chi connectivity index (χ1n) is 9.51. The molecule has 0 radical (unpaired) electrons. The maximum Gasteiger partial charge on any atom is 0.221 e. The van der Waals surface area contributed by atoms with Crippen molar-refractivity contribution < 1.29 is 9.53 Å². The van der Waals surface area contributed by atoms with Crippen LogP contribution in [0, 0.1) is 0 Å². The molecule has 0 aliphatic heterocycles. The first kappa shape index (κ1) is 19.0. The van der Waals surface area contributed by atoms with Gasteiger partial charge in [-0.15, -0.1) is 0 Å². The lowest BCUT2D eigenvalue weighted by atomic mass is 9.87. The van der Waals surface area contributed by atoms with E-state index < -0.39 is 0 Å². The second kappa shape index (κ2) is 8.30. The average Bonchev–Trinajstić information content (AvgIpc) is 3.02. The van der Waals surface area contributed by atoms with Crippen LogP contribution in [0.5, 0.6) is 5.75 Å². The normalized spacial score (nSPS) is 13.3. The maximum atomic E-state index is 12.8. The van der Waals surface area contributed by atoms with Gasteiger partial charge in [-0.1, -0.05) is 43.3 Å². The number of hydrogen-bond donors (Lipinski definition) is 1. The summed E-state index contributed by atoms with van der Waals surface area (Å²) in [6.07, 6.45) is 3.44. The number of benzene rings is 2. The number of rotatable bonds is 7. The van der Waals surface area contributed by atoms with E-state index in [-0.39, 0.29) is 17.9 Å². The quantitative estimate of drug-likeness (QED) is 0.664. The standard InChI is InChI=1S/C23H28N2O2/c1-5-16(2)24-23(26)14-19(18-11-7-9-13-22(18)27-4)20-15-25(3)21-12-8-6-10-17(20)21/h6-13,15-16,19H,5,14H2,1-4H3,(H,24,26). The predicted octanol–water partition coefficient (Wildman–Crippen LogP) is 4.62. The Labute approximate surface area is 161 Å². The van der Waals surface area contributed by atoms with E-state index in [1.54, 1.807) is 7.11 Å². The number of methoxy groups -OCH3 is 1. The Morgan fingerprint density at radius 3 is 2.56 bits per heavy atom. The van der Waals surface area contributed by atoms with Crippen molar-refractivity contribution in [2.75, 3.05) is 7.11 Å². The lowest BCUT2D eigenvalue weighted by Crippen LogP contribution is -2.33. The number of para-hydroxylation sites is 2. The fourth-order valence-electron chi connectivity index (χ4n) is 3.61. The molecule has 4 nitrogen and oxygen atoms in total. The molecule has 0 saturated heterocycles. The molecule has 2 unspecified atom stereocenters. The van der Waals surface area contributed by atoms with Gasteiger partial charge in [0.2, 0.25) is 5.91 Å². The van der Waals surface area contributed by atoms with E-state index >= 15 is 0 Å². The summed E-state index contributed by atoms with van der Waals surface area (Å²) in [5, 5.41) is 4.28. The van der Waals surface area contributed by atoms with Crippen molar-refractivity contribution in [3.05, 3.63) is 65.9 Å². The van der Waals surface area contributed by atoms with Gasteiger partial charge in [-0.3, -0.25) is 4.79 Å². The molecule has 0 bridgehead atoms. The number of aromatic nitrogens is 1. The highest BCUT2D eigenvalue weighted by atomic mass is 16.5. The molecule has 142 valence electrons. The van der Waals surface area contributed by atoms with Crippen molar-refractivity contribution in [1.82, 2.24) is 9.88 Å². The summed E-state index contributed by atoms with van der Waals surface area (Å²) >= 11 is 0. The maximum absolute atomic E-state index is 12.8. The Morgan fingerprint density at radius 2 is 1.81 bits per heavy atom. The summed E-state index contributed by atoms with van der Waals surface area (Å²) in [6, 6.07) is 16.5. The second-order valence-electron chi connectivity index (χ2n) is 7.09. The minimum absolute atomic E-state index is 0.0631. The third-order valence-corrected chi connectivity index (χ3v) is 5.23. The van der Waals surface area contributed by atoms with Crippen LogP contribution in [0.15, 0.2) is 54.7 Å². The van der Waals surface area contributed by atoms with Crippen LogP contribution in [-0.4, -0.2) is 23.6 Å². The highest BCUT2D eigenvalue weighted by molar-refractivity contribution is 5.86. The largest absolute Gasteiger partial charge is 0.496 e. The molecule has 0 saturated carbocycles. The zero-order valence-corrected chi connectivity index (χ0v) is 16.5. The van der Waals surface area contributed by atoms with Crippen molar-refractivity contribution in [2.45, 2.75) is 38.6 Å². The number of carbonyl (C=O) groups is 1. The zero-order chi connectivity index (χ0) is 19.4. The number of nitrogens with one attached hydrogen (secondary N) is 1. The van der Waals surface area contributed by atoms with Crippen LogP contribution in [0.25, 0.3) is 10.9 Å². The molecule has 1 aromatic heterocycles. The number of fused-ring (bicyclic) bond motifs is 1. The van der Waals surface area contributed by atoms with E-state index in [1.165, 1.54) is 5.39 Å². The Bertz CT molecular complexity index is 929. The van der Waals surface area contributed by atoms with E-state index in [2.05, 4.69) is 41.2 Å². The van der Waals surface area contributed by atoms with Crippen molar-refractivity contribution in [3.8, 4) is 5.75 Å². The SMILES string of the molecule is CCC(C)NC(=O)CC(c1ccccc1OC)c1cn(C)c2ccccc12. The lowest BCUT2D eigenvalue weighted by molar-refractivity contribution is -0.121. The lowest BCUT2D eigenvalue weighted by Gasteiger charge is -2.21. The number of aryl methyl sites for hydroxylation is 1. The van der Waals surface area contributed by atoms with Gasteiger partial charge in [0.25, 0.3) is 0 Å². The van der Waals surface area contributed by atoms with Gasteiger partial charge in [0, 0.05) is 48.1 Å². The van der Waals surface area contributed by atoms with Gasteiger partial charge in [0.05, 0.1) is 7.11 Å². The van der Waals surface area contributed by atoms with Gasteiger partial charge in [-0.05, 0) is 31.0 Å². The summed E-state index contributed by atoms with van der Waals surface area (Å²) in [5.74, 6) is 0.802. The minimum atomic E-state index is -0.0729. The molecular formula is C23H28N2O2. The van der Waals surface area contributed by atoms with Crippen LogP contribution in [0.4, 0.5) is 0 Å².